The largest absolute Gasteiger partial charge is 0.465 e. The summed E-state index contributed by atoms with van der Waals surface area (Å²) in [6.07, 6.45) is 0.0660. The number of methoxy groups -OCH3 is 1. The Morgan fingerprint density at radius 2 is 1.72 bits per heavy atom. The molecule has 1 aromatic heterocycles. The number of thiophene rings is 1. The van der Waals surface area contributed by atoms with Gasteiger partial charge in [0, 0.05) is 26.2 Å². The molecule has 2 aliphatic rings. The van der Waals surface area contributed by atoms with Crippen LogP contribution in [0.15, 0.2) is 40.6 Å². The molecule has 4 rings (SSSR count). The second kappa shape index (κ2) is 8.74. The maximum Gasteiger partial charge on any atom is 0.349 e. The molecule has 0 spiro atoms. The van der Waals surface area contributed by atoms with Crippen LogP contribution in [0.4, 0.5) is 5.69 Å². The highest BCUT2D eigenvalue weighted by Crippen LogP contribution is 2.29. The Labute approximate surface area is 190 Å². The highest BCUT2D eigenvalue weighted by atomic mass is 32.2. The normalized spacial score (nSPS) is 20.7. The van der Waals surface area contributed by atoms with Crippen LogP contribution >= 0.6 is 11.3 Å². The molecule has 9 nitrogen and oxygen atoms in total. The van der Waals surface area contributed by atoms with Gasteiger partial charge in [-0.1, -0.05) is 17.7 Å². The fourth-order valence-corrected chi connectivity index (χ4v) is 6.73. The number of aryl methyl sites for hydroxylation is 1. The standard InChI is InChI=1S/C21H23N3O6S2/c1-14-3-5-15(6-4-14)24-18(25)13-16(20(24)26)22-8-10-23(11-9-22)32(28,29)17-7-12-31-19(17)21(27)30-2/h3-7,12,16H,8-11,13H2,1-2H3. The SMILES string of the molecule is COC(=O)c1sccc1S(=O)(=O)N1CCN(C2CC(=O)N(c3ccc(C)cc3)C2=O)CC1. The zero-order valence-corrected chi connectivity index (χ0v) is 19.3. The van der Waals surface area contributed by atoms with Crippen LogP contribution in [0.25, 0.3) is 0 Å². The second-order valence-corrected chi connectivity index (χ2v) is 10.5. The van der Waals surface area contributed by atoms with Crippen molar-refractivity contribution < 1.29 is 27.5 Å². The first-order chi connectivity index (χ1) is 15.2. The van der Waals surface area contributed by atoms with Gasteiger partial charge in [0.1, 0.15) is 9.77 Å². The van der Waals surface area contributed by atoms with Gasteiger partial charge in [-0.3, -0.25) is 14.5 Å². The van der Waals surface area contributed by atoms with Crippen molar-refractivity contribution in [2.45, 2.75) is 24.3 Å². The molecule has 170 valence electrons. The molecule has 0 aliphatic carbocycles. The Bertz CT molecular complexity index is 1150. The van der Waals surface area contributed by atoms with Gasteiger partial charge in [-0.25, -0.2) is 18.1 Å². The first-order valence-electron chi connectivity index (χ1n) is 10.1. The molecule has 11 heteroatoms. The van der Waals surface area contributed by atoms with E-state index in [4.69, 9.17) is 0 Å². The number of esters is 1. The number of nitrogens with zero attached hydrogens (tertiary/aromatic N) is 3. The molecule has 1 atom stereocenters. The molecule has 2 saturated heterocycles. The van der Waals surface area contributed by atoms with Crippen molar-refractivity contribution in [3.8, 4) is 0 Å². The number of hydrogen-bond acceptors (Lipinski definition) is 8. The maximum atomic E-state index is 13.1. The minimum atomic E-state index is -3.88. The zero-order chi connectivity index (χ0) is 23.0. The lowest BCUT2D eigenvalue weighted by Gasteiger charge is -2.36. The highest BCUT2D eigenvalue weighted by Gasteiger charge is 2.44. The fraction of sp³-hybridized carbons (Fsp3) is 0.381. The van der Waals surface area contributed by atoms with Gasteiger partial charge in [-0.15, -0.1) is 11.3 Å². The quantitative estimate of drug-likeness (QED) is 0.475. The summed E-state index contributed by atoms with van der Waals surface area (Å²) in [6.45, 7) is 2.85. The molecule has 1 unspecified atom stereocenters. The van der Waals surface area contributed by atoms with E-state index in [1.54, 1.807) is 12.1 Å². The van der Waals surface area contributed by atoms with Gasteiger partial charge in [0.05, 0.1) is 25.3 Å². The molecule has 2 amide bonds. The van der Waals surface area contributed by atoms with E-state index in [2.05, 4.69) is 4.74 Å². The van der Waals surface area contributed by atoms with Crippen LogP contribution in [0, 0.1) is 6.92 Å². The third kappa shape index (κ3) is 3.96. The summed E-state index contributed by atoms with van der Waals surface area (Å²) in [6, 6.07) is 7.98. The number of hydrogen-bond donors (Lipinski definition) is 0. The number of rotatable bonds is 5. The lowest BCUT2D eigenvalue weighted by Crippen LogP contribution is -2.53. The van der Waals surface area contributed by atoms with Crippen molar-refractivity contribution in [2.24, 2.45) is 0 Å². The monoisotopic (exact) mass is 477 g/mol. The first kappa shape index (κ1) is 22.6. The minimum absolute atomic E-state index is 0.0419. The Balaban J connectivity index is 1.45. The van der Waals surface area contributed by atoms with E-state index in [0.29, 0.717) is 18.8 Å². The number of sulfonamides is 1. The van der Waals surface area contributed by atoms with E-state index in [1.165, 1.54) is 27.8 Å². The van der Waals surface area contributed by atoms with Crippen molar-refractivity contribution >= 4 is 44.8 Å². The predicted molar refractivity (Wildman–Crippen MR) is 118 cm³/mol. The van der Waals surface area contributed by atoms with Gasteiger partial charge in [-0.2, -0.15) is 4.31 Å². The number of amides is 2. The number of anilines is 1. The van der Waals surface area contributed by atoms with Crippen LogP contribution < -0.4 is 4.90 Å². The minimum Gasteiger partial charge on any atom is -0.465 e. The van der Waals surface area contributed by atoms with Crippen molar-refractivity contribution in [3.05, 3.63) is 46.2 Å². The van der Waals surface area contributed by atoms with E-state index in [0.717, 1.165) is 16.9 Å². The van der Waals surface area contributed by atoms with Crippen molar-refractivity contribution in [2.75, 3.05) is 38.2 Å². The van der Waals surface area contributed by atoms with E-state index in [1.807, 2.05) is 24.0 Å². The second-order valence-electron chi connectivity index (χ2n) is 7.67. The molecule has 0 N–H and O–H groups in total. The third-order valence-corrected chi connectivity index (χ3v) is 8.71. The summed E-state index contributed by atoms with van der Waals surface area (Å²) in [4.78, 5) is 40.5. The van der Waals surface area contributed by atoms with E-state index in [9.17, 15) is 22.8 Å². The number of carbonyl (C=O) groups is 3. The van der Waals surface area contributed by atoms with Crippen LogP contribution in [-0.4, -0.2) is 74.7 Å². The van der Waals surface area contributed by atoms with E-state index < -0.39 is 22.0 Å². The lowest BCUT2D eigenvalue weighted by atomic mass is 10.2. The van der Waals surface area contributed by atoms with Crippen LogP contribution in [0.2, 0.25) is 0 Å². The summed E-state index contributed by atoms with van der Waals surface area (Å²) in [5, 5.41) is 1.54. The Morgan fingerprint density at radius 1 is 1.06 bits per heavy atom. The van der Waals surface area contributed by atoms with Crippen LogP contribution in [0.5, 0.6) is 0 Å². The van der Waals surface area contributed by atoms with Crippen molar-refractivity contribution in [1.82, 2.24) is 9.21 Å². The summed E-state index contributed by atoms with van der Waals surface area (Å²) in [5.74, 6) is -1.25. The Morgan fingerprint density at radius 3 is 2.34 bits per heavy atom. The lowest BCUT2D eigenvalue weighted by molar-refractivity contribution is -0.123. The molecule has 0 bridgehead atoms. The number of benzene rings is 1. The molecule has 0 radical (unpaired) electrons. The topological polar surface area (TPSA) is 104 Å². The van der Waals surface area contributed by atoms with Crippen molar-refractivity contribution in [1.29, 1.82) is 0 Å². The molecule has 32 heavy (non-hydrogen) atoms. The molecule has 0 saturated carbocycles. The molecule has 3 heterocycles. The first-order valence-corrected chi connectivity index (χ1v) is 12.4. The van der Waals surface area contributed by atoms with E-state index in [-0.39, 0.29) is 41.1 Å². The average Bonchev–Trinajstić information content (AvgIpc) is 3.39. The molecule has 2 aliphatic heterocycles. The molecule has 2 aromatic rings. The molecular formula is C21H23N3O6S2. The van der Waals surface area contributed by atoms with Crippen LogP contribution in [0.1, 0.15) is 21.7 Å². The maximum absolute atomic E-state index is 13.1. The van der Waals surface area contributed by atoms with Crippen LogP contribution in [-0.2, 0) is 24.3 Å². The summed E-state index contributed by atoms with van der Waals surface area (Å²) >= 11 is 1.02. The van der Waals surface area contributed by atoms with Crippen LogP contribution in [0.3, 0.4) is 0 Å². The predicted octanol–water partition coefficient (Wildman–Crippen LogP) is 1.48. The van der Waals surface area contributed by atoms with Gasteiger partial charge in [0.2, 0.25) is 15.9 Å². The number of ether oxygens (including phenoxy) is 1. The van der Waals surface area contributed by atoms with Gasteiger partial charge in [0.25, 0.3) is 5.91 Å². The van der Waals surface area contributed by atoms with Gasteiger partial charge in [-0.05, 0) is 30.5 Å². The fourth-order valence-electron chi connectivity index (χ4n) is 4.00. The highest BCUT2D eigenvalue weighted by molar-refractivity contribution is 7.89. The van der Waals surface area contributed by atoms with Crippen molar-refractivity contribution in [3.63, 3.8) is 0 Å². The third-order valence-electron chi connectivity index (χ3n) is 5.75. The van der Waals surface area contributed by atoms with E-state index >= 15 is 0 Å². The smallest absolute Gasteiger partial charge is 0.349 e. The summed E-state index contributed by atoms with van der Waals surface area (Å²) < 4.78 is 32.1. The number of piperazine rings is 1. The number of imide groups is 1. The molecule has 1 aromatic carbocycles. The Hall–Kier alpha value is -2.60. The van der Waals surface area contributed by atoms with Gasteiger partial charge >= 0.3 is 5.97 Å². The number of carbonyl (C=O) groups excluding carboxylic acids is 3. The molecule has 2 fully saturated rings. The zero-order valence-electron chi connectivity index (χ0n) is 17.7. The summed E-state index contributed by atoms with van der Waals surface area (Å²) in [7, 11) is -2.67. The Kier molecular flexibility index (Phi) is 6.17. The summed E-state index contributed by atoms with van der Waals surface area (Å²) in [5.41, 5.74) is 1.57. The molecular weight excluding hydrogens is 454 g/mol. The van der Waals surface area contributed by atoms with Gasteiger partial charge < -0.3 is 4.74 Å². The average molecular weight is 478 g/mol. The van der Waals surface area contributed by atoms with Gasteiger partial charge in [0.15, 0.2) is 0 Å².